The summed E-state index contributed by atoms with van der Waals surface area (Å²) in [7, 11) is 1.87. The second kappa shape index (κ2) is 5.30. The molecule has 5 nitrogen and oxygen atoms in total. The normalized spacial score (nSPS) is 10.8. The second-order valence-electron chi connectivity index (χ2n) is 3.93. The maximum absolute atomic E-state index is 11.4. The Morgan fingerprint density at radius 1 is 1.56 bits per heavy atom. The van der Waals surface area contributed by atoms with Crippen molar-refractivity contribution in [1.82, 2.24) is 9.38 Å². The Morgan fingerprint density at radius 3 is 3.00 bits per heavy atom. The highest BCUT2D eigenvalue weighted by molar-refractivity contribution is 7.98. The van der Waals surface area contributed by atoms with Crippen LogP contribution >= 0.6 is 11.8 Å². The summed E-state index contributed by atoms with van der Waals surface area (Å²) >= 11 is 1.72. The van der Waals surface area contributed by atoms with Gasteiger partial charge in [-0.2, -0.15) is 11.8 Å². The molecule has 0 amide bonds. The first-order chi connectivity index (χ1) is 8.65. The summed E-state index contributed by atoms with van der Waals surface area (Å²) in [5.41, 5.74) is 0.870. The lowest BCUT2D eigenvalue weighted by Crippen LogP contribution is -2.23. The Hall–Kier alpha value is -1.69. The van der Waals surface area contributed by atoms with E-state index in [-0.39, 0.29) is 5.69 Å². The highest BCUT2D eigenvalue weighted by atomic mass is 32.2. The first-order valence-electron chi connectivity index (χ1n) is 5.55. The van der Waals surface area contributed by atoms with E-state index in [1.54, 1.807) is 34.5 Å². The van der Waals surface area contributed by atoms with Gasteiger partial charge in [-0.1, -0.05) is 6.07 Å². The van der Waals surface area contributed by atoms with Crippen molar-refractivity contribution in [3.05, 3.63) is 30.1 Å². The molecule has 2 aromatic heterocycles. The zero-order valence-electron chi connectivity index (χ0n) is 10.3. The lowest BCUT2D eigenvalue weighted by Gasteiger charge is -2.16. The van der Waals surface area contributed by atoms with Crippen molar-refractivity contribution in [3.8, 4) is 0 Å². The molecular weight excluding hydrogens is 250 g/mol. The minimum Gasteiger partial charge on any atom is -0.476 e. The van der Waals surface area contributed by atoms with Crippen LogP contribution in [0.15, 0.2) is 24.4 Å². The van der Waals surface area contributed by atoms with Gasteiger partial charge in [0.2, 0.25) is 0 Å². The highest BCUT2D eigenvalue weighted by Gasteiger charge is 2.20. The van der Waals surface area contributed by atoms with Crippen molar-refractivity contribution in [1.29, 1.82) is 0 Å². The summed E-state index contributed by atoms with van der Waals surface area (Å²) < 4.78 is 1.60. The number of nitrogens with zero attached hydrogens (tertiary/aromatic N) is 3. The number of hydrogen-bond acceptors (Lipinski definition) is 4. The van der Waals surface area contributed by atoms with Crippen molar-refractivity contribution in [3.63, 3.8) is 0 Å². The molecule has 0 bridgehead atoms. The second-order valence-corrected chi connectivity index (χ2v) is 4.92. The van der Waals surface area contributed by atoms with E-state index in [0.29, 0.717) is 11.5 Å². The van der Waals surface area contributed by atoms with Gasteiger partial charge in [0.1, 0.15) is 5.65 Å². The molecule has 2 rings (SSSR count). The van der Waals surface area contributed by atoms with Gasteiger partial charge < -0.3 is 10.0 Å². The van der Waals surface area contributed by atoms with Crippen LogP contribution in [-0.2, 0) is 0 Å². The zero-order valence-corrected chi connectivity index (χ0v) is 11.1. The fourth-order valence-corrected chi connectivity index (χ4v) is 2.24. The Morgan fingerprint density at radius 2 is 2.33 bits per heavy atom. The van der Waals surface area contributed by atoms with Gasteiger partial charge in [0.05, 0.1) is 0 Å². The molecule has 0 radical (unpaired) electrons. The zero-order chi connectivity index (χ0) is 13.1. The van der Waals surface area contributed by atoms with E-state index < -0.39 is 5.97 Å². The van der Waals surface area contributed by atoms with Crippen LogP contribution in [0.3, 0.4) is 0 Å². The Balaban J connectivity index is 2.48. The number of carboxylic acid groups (broad SMARTS) is 1. The third-order valence-electron chi connectivity index (χ3n) is 2.71. The standard InChI is InChI=1S/C12H15N3O2S/c1-14(7-8-18-2)11-10(12(16)17)15-6-4-3-5-9(15)13-11/h3-6H,7-8H2,1-2H3,(H,16,17). The van der Waals surface area contributed by atoms with Crippen molar-refractivity contribution in [2.45, 2.75) is 0 Å². The number of fused-ring (bicyclic) bond motifs is 1. The molecule has 0 saturated carbocycles. The van der Waals surface area contributed by atoms with E-state index in [1.165, 1.54) is 0 Å². The summed E-state index contributed by atoms with van der Waals surface area (Å²) in [6.07, 6.45) is 3.74. The predicted octanol–water partition coefficient (Wildman–Crippen LogP) is 1.83. The quantitative estimate of drug-likeness (QED) is 0.893. The summed E-state index contributed by atoms with van der Waals surface area (Å²) in [6.45, 7) is 0.769. The molecule has 18 heavy (non-hydrogen) atoms. The molecule has 6 heteroatoms. The molecule has 0 aliphatic carbocycles. The van der Waals surface area contributed by atoms with Crippen LogP contribution in [0, 0.1) is 0 Å². The van der Waals surface area contributed by atoms with E-state index in [1.807, 2.05) is 24.3 Å². The lowest BCUT2D eigenvalue weighted by molar-refractivity contribution is 0.0690. The number of rotatable bonds is 5. The maximum atomic E-state index is 11.4. The number of carbonyl (C=O) groups is 1. The lowest BCUT2D eigenvalue weighted by atomic mass is 10.4. The predicted molar refractivity (Wildman–Crippen MR) is 73.8 cm³/mol. The van der Waals surface area contributed by atoms with Gasteiger partial charge >= 0.3 is 5.97 Å². The monoisotopic (exact) mass is 265 g/mol. The van der Waals surface area contributed by atoms with Gasteiger partial charge in [0, 0.05) is 25.5 Å². The molecule has 1 N–H and O–H groups in total. The van der Waals surface area contributed by atoms with E-state index >= 15 is 0 Å². The van der Waals surface area contributed by atoms with Crippen LogP contribution in [0.1, 0.15) is 10.5 Å². The number of hydrogen-bond donors (Lipinski definition) is 1. The van der Waals surface area contributed by atoms with Crippen molar-refractivity contribution in [2.75, 3.05) is 30.5 Å². The minimum atomic E-state index is -0.959. The molecule has 96 valence electrons. The van der Waals surface area contributed by atoms with Crippen molar-refractivity contribution < 1.29 is 9.90 Å². The first-order valence-corrected chi connectivity index (χ1v) is 6.95. The third kappa shape index (κ3) is 2.28. The topological polar surface area (TPSA) is 57.8 Å². The van der Waals surface area contributed by atoms with Crippen LogP contribution in [0.5, 0.6) is 0 Å². The largest absolute Gasteiger partial charge is 0.476 e. The molecule has 0 aliphatic rings. The Kier molecular flexibility index (Phi) is 3.76. The number of thioether (sulfide) groups is 1. The molecule has 0 unspecified atom stereocenters. The van der Waals surface area contributed by atoms with Crippen LogP contribution < -0.4 is 4.90 Å². The molecular formula is C12H15N3O2S. The van der Waals surface area contributed by atoms with Gasteiger partial charge in [0.25, 0.3) is 0 Å². The van der Waals surface area contributed by atoms with Crippen LogP contribution in [0.4, 0.5) is 5.82 Å². The fraction of sp³-hybridized carbons (Fsp3) is 0.333. The first kappa shape index (κ1) is 12.8. The molecule has 2 aromatic rings. The Bertz CT molecular complexity index is 567. The SMILES string of the molecule is CSCCN(C)c1nc2ccccn2c1C(=O)O. The minimum absolute atomic E-state index is 0.217. The average Bonchev–Trinajstić information content (AvgIpc) is 2.75. The van der Waals surface area contributed by atoms with E-state index in [2.05, 4.69) is 4.98 Å². The maximum Gasteiger partial charge on any atom is 0.356 e. The summed E-state index contributed by atoms with van der Waals surface area (Å²) in [6, 6.07) is 5.45. The highest BCUT2D eigenvalue weighted by Crippen LogP contribution is 2.20. The van der Waals surface area contributed by atoms with Crippen molar-refractivity contribution >= 4 is 29.2 Å². The third-order valence-corrected chi connectivity index (χ3v) is 3.30. The molecule has 0 fully saturated rings. The number of imidazole rings is 1. The summed E-state index contributed by atoms with van der Waals surface area (Å²) in [5.74, 6) is 0.492. The van der Waals surface area contributed by atoms with Gasteiger partial charge in [-0.25, -0.2) is 9.78 Å². The molecule has 0 aromatic carbocycles. The van der Waals surface area contributed by atoms with Gasteiger partial charge in [-0.05, 0) is 18.4 Å². The molecule has 0 saturated heterocycles. The van der Waals surface area contributed by atoms with E-state index in [9.17, 15) is 9.90 Å². The van der Waals surface area contributed by atoms with Crippen molar-refractivity contribution in [2.24, 2.45) is 0 Å². The van der Waals surface area contributed by atoms with Gasteiger partial charge in [-0.15, -0.1) is 0 Å². The van der Waals surface area contributed by atoms with Crippen LogP contribution in [-0.4, -0.2) is 46.1 Å². The number of aromatic nitrogens is 2. The number of anilines is 1. The Labute approximate surface area is 109 Å². The number of pyridine rings is 1. The summed E-state index contributed by atoms with van der Waals surface area (Å²) in [4.78, 5) is 17.6. The molecule has 0 atom stereocenters. The van der Waals surface area contributed by atoms with Crippen LogP contribution in [0.2, 0.25) is 0 Å². The molecule has 2 heterocycles. The molecule has 0 aliphatic heterocycles. The average molecular weight is 265 g/mol. The van der Waals surface area contributed by atoms with Gasteiger partial charge in [0.15, 0.2) is 11.5 Å². The number of aromatic carboxylic acids is 1. The van der Waals surface area contributed by atoms with E-state index in [0.717, 1.165) is 12.3 Å². The van der Waals surface area contributed by atoms with Crippen LogP contribution in [0.25, 0.3) is 5.65 Å². The summed E-state index contributed by atoms with van der Waals surface area (Å²) in [5, 5.41) is 9.33. The molecule has 0 spiro atoms. The van der Waals surface area contributed by atoms with Gasteiger partial charge in [-0.3, -0.25) is 4.40 Å². The number of carboxylic acids is 1. The van der Waals surface area contributed by atoms with E-state index in [4.69, 9.17) is 0 Å². The fourth-order valence-electron chi connectivity index (χ4n) is 1.78. The smallest absolute Gasteiger partial charge is 0.356 e.